The van der Waals surface area contributed by atoms with Crippen molar-refractivity contribution in [2.75, 3.05) is 14.2 Å². The van der Waals surface area contributed by atoms with Crippen molar-refractivity contribution in [1.82, 2.24) is 0 Å². The molecule has 18 heavy (non-hydrogen) atoms. The van der Waals surface area contributed by atoms with Crippen LogP contribution in [0.5, 0.6) is 11.5 Å². The average molecular weight is 246 g/mol. The number of carbonyl (C=O) groups is 1. The maximum atomic E-state index is 11.5. The molecule has 96 valence electrons. The lowest BCUT2D eigenvalue weighted by molar-refractivity contribution is -0.114. The number of allylic oxidation sites excluding steroid dienone is 2. The van der Waals surface area contributed by atoms with Crippen molar-refractivity contribution >= 4 is 5.78 Å². The molecule has 0 heterocycles. The minimum absolute atomic E-state index is 0.153. The van der Waals surface area contributed by atoms with Gasteiger partial charge in [-0.3, -0.25) is 4.79 Å². The second-order valence-corrected chi connectivity index (χ2v) is 4.94. The quantitative estimate of drug-likeness (QED) is 0.822. The molecular weight excluding hydrogens is 228 g/mol. The first-order valence-electron chi connectivity index (χ1n) is 5.95. The fourth-order valence-electron chi connectivity index (χ4n) is 2.47. The number of hydrogen-bond donors (Lipinski definition) is 0. The van der Waals surface area contributed by atoms with E-state index in [-0.39, 0.29) is 11.2 Å². The molecule has 0 aromatic heterocycles. The van der Waals surface area contributed by atoms with E-state index in [4.69, 9.17) is 9.47 Å². The molecule has 0 N–H and O–H groups in total. The Morgan fingerprint density at radius 2 is 1.94 bits per heavy atom. The molecule has 0 saturated heterocycles. The molecule has 1 aromatic carbocycles. The molecule has 2 rings (SSSR count). The van der Waals surface area contributed by atoms with E-state index >= 15 is 0 Å². The zero-order valence-corrected chi connectivity index (χ0v) is 11.2. The van der Waals surface area contributed by atoms with Crippen LogP contribution >= 0.6 is 0 Å². The number of carbonyl (C=O) groups excluding carboxylic acids is 1. The van der Waals surface area contributed by atoms with Crippen LogP contribution in [0, 0.1) is 6.92 Å². The molecule has 1 aromatic rings. The summed E-state index contributed by atoms with van der Waals surface area (Å²) in [6.45, 7) is 4.06. The first-order chi connectivity index (χ1) is 8.50. The number of aryl methyl sites for hydroxylation is 1. The van der Waals surface area contributed by atoms with Gasteiger partial charge in [0.15, 0.2) is 17.3 Å². The number of ketones is 1. The second-order valence-electron chi connectivity index (χ2n) is 4.94. The number of benzene rings is 1. The number of methoxy groups -OCH3 is 2. The van der Waals surface area contributed by atoms with Gasteiger partial charge in [0.25, 0.3) is 0 Å². The van der Waals surface area contributed by atoms with Crippen molar-refractivity contribution in [3.63, 3.8) is 0 Å². The summed E-state index contributed by atoms with van der Waals surface area (Å²) in [5.74, 6) is 1.58. The maximum absolute atomic E-state index is 11.5. The molecule has 1 aliphatic rings. The highest BCUT2D eigenvalue weighted by molar-refractivity contribution is 5.94. The molecule has 0 amide bonds. The zero-order chi connectivity index (χ0) is 13.3. The maximum Gasteiger partial charge on any atom is 0.164 e. The summed E-state index contributed by atoms with van der Waals surface area (Å²) in [7, 11) is 3.25. The minimum Gasteiger partial charge on any atom is -0.493 e. The van der Waals surface area contributed by atoms with Crippen molar-refractivity contribution in [2.24, 2.45) is 0 Å². The van der Waals surface area contributed by atoms with E-state index in [0.29, 0.717) is 17.9 Å². The molecule has 0 bridgehead atoms. The van der Waals surface area contributed by atoms with Crippen LogP contribution in [0.1, 0.15) is 24.5 Å². The molecule has 0 radical (unpaired) electrons. The average Bonchev–Trinajstić information content (AvgIpc) is 2.69. The van der Waals surface area contributed by atoms with Crippen LogP contribution in [0.4, 0.5) is 0 Å². The van der Waals surface area contributed by atoms with Gasteiger partial charge in [0.1, 0.15) is 0 Å². The van der Waals surface area contributed by atoms with E-state index in [1.807, 2.05) is 26.0 Å². The molecule has 0 spiro atoms. The van der Waals surface area contributed by atoms with Gasteiger partial charge in [-0.15, -0.1) is 0 Å². The zero-order valence-electron chi connectivity index (χ0n) is 11.2. The van der Waals surface area contributed by atoms with Gasteiger partial charge in [-0.25, -0.2) is 0 Å². The van der Waals surface area contributed by atoms with Crippen LogP contribution < -0.4 is 9.47 Å². The number of rotatable bonds is 3. The summed E-state index contributed by atoms with van der Waals surface area (Å²) >= 11 is 0. The fourth-order valence-corrected chi connectivity index (χ4v) is 2.47. The highest BCUT2D eigenvalue weighted by atomic mass is 16.5. The molecular formula is C15H18O3. The Morgan fingerprint density at radius 3 is 2.44 bits per heavy atom. The molecule has 1 atom stereocenters. The van der Waals surface area contributed by atoms with Crippen LogP contribution in [0.2, 0.25) is 0 Å². The topological polar surface area (TPSA) is 35.5 Å². The summed E-state index contributed by atoms with van der Waals surface area (Å²) in [4.78, 5) is 11.5. The van der Waals surface area contributed by atoms with Crippen molar-refractivity contribution in [3.05, 3.63) is 35.4 Å². The molecule has 1 aliphatic carbocycles. The Balaban J connectivity index is 2.60. The summed E-state index contributed by atoms with van der Waals surface area (Å²) in [5, 5.41) is 0. The second kappa shape index (κ2) is 4.48. The van der Waals surface area contributed by atoms with Crippen LogP contribution in [0.15, 0.2) is 24.3 Å². The summed E-state index contributed by atoms with van der Waals surface area (Å²) in [6, 6.07) is 4.00. The predicted molar refractivity (Wildman–Crippen MR) is 70.4 cm³/mol. The first kappa shape index (κ1) is 12.7. The van der Waals surface area contributed by atoms with Gasteiger partial charge < -0.3 is 9.47 Å². The fraction of sp³-hybridized carbons (Fsp3) is 0.400. The van der Waals surface area contributed by atoms with Crippen molar-refractivity contribution < 1.29 is 14.3 Å². The van der Waals surface area contributed by atoms with E-state index < -0.39 is 0 Å². The molecule has 0 saturated carbocycles. The van der Waals surface area contributed by atoms with Gasteiger partial charge in [-0.1, -0.05) is 19.1 Å². The van der Waals surface area contributed by atoms with E-state index in [2.05, 4.69) is 6.07 Å². The normalized spacial score (nSPS) is 22.3. The van der Waals surface area contributed by atoms with Gasteiger partial charge in [-0.2, -0.15) is 0 Å². The smallest absolute Gasteiger partial charge is 0.164 e. The Kier molecular flexibility index (Phi) is 3.16. The van der Waals surface area contributed by atoms with E-state index in [9.17, 15) is 4.79 Å². The standard InChI is InChI=1S/C15H18O3/c1-10-7-12(14(18-4)13(8-10)17-3)15(2)6-5-11(16)9-15/h5-8H,9H2,1-4H3/t15-/m0/s1. The van der Waals surface area contributed by atoms with Gasteiger partial charge in [-0.05, 0) is 24.6 Å². The lowest BCUT2D eigenvalue weighted by atomic mass is 9.80. The van der Waals surface area contributed by atoms with Crippen LogP contribution in [0.3, 0.4) is 0 Å². The SMILES string of the molecule is COc1cc(C)cc([C@@]2(C)C=CC(=O)C2)c1OC. The Hall–Kier alpha value is -1.77. The van der Waals surface area contributed by atoms with Gasteiger partial charge in [0, 0.05) is 17.4 Å². The third kappa shape index (κ3) is 2.01. The molecule has 3 nitrogen and oxygen atoms in total. The van der Waals surface area contributed by atoms with Crippen LogP contribution in [-0.2, 0) is 10.2 Å². The van der Waals surface area contributed by atoms with Gasteiger partial charge in [0.05, 0.1) is 14.2 Å². The van der Waals surface area contributed by atoms with E-state index in [0.717, 1.165) is 11.1 Å². The summed E-state index contributed by atoms with van der Waals surface area (Å²) < 4.78 is 10.8. The lowest BCUT2D eigenvalue weighted by Crippen LogP contribution is -2.19. The molecule has 0 aliphatic heterocycles. The lowest BCUT2D eigenvalue weighted by Gasteiger charge is -2.25. The highest BCUT2D eigenvalue weighted by Crippen LogP contribution is 2.44. The molecule has 0 fully saturated rings. The van der Waals surface area contributed by atoms with Gasteiger partial charge in [0.2, 0.25) is 0 Å². The van der Waals surface area contributed by atoms with Crippen LogP contribution in [-0.4, -0.2) is 20.0 Å². The minimum atomic E-state index is -0.304. The van der Waals surface area contributed by atoms with Crippen molar-refractivity contribution in [2.45, 2.75) is 25.7 Å². The Morgan fingerprint density at radius 1 is 1.22 bits per heavy atom. The molecule has 0 unspecified atom stereocenters. The third-order valence-electron chi connectivity index (χ3n) is 3.42. The number of ether oxygens (including phenoxy) is 2. The van der Waals surface area contributed by atoms with Crippen molar-refractivity contribution in [3.8, 4) is 11.5 Å². The highest BCUT2D eigenvalue weighted by Gasteiger charge is 2.34. The van der Waals surface area contributed by atoms with Gasteiger partial charge >= 0.3 is 0 Å². The van der Waals surface area contributed by atoms with E-state index in [1.54, 1.807) is 20.3 Å². The predicted octanol–water partition coefficient (Wildman–Crippen LogP) is 2.80. The third-order valence-corrected chi connectivity index (χ3v) is 3.42. The van der Waals surface area contributed by atoms with E-state index in [1.165, 1.54) is 0 Å². The summed E-state index contributed by atoms with van der Waals surface area (Å²) in [6.07, 6.45) is 4.08. The monoisotopic (exact) mass is 246 g/mol. The number of hydrogen-bond acceptors (Lipinski definition) is 3. The Labute approximate surface area is 107 Å². The summed E-state index contributed by atoms with van der Waals surface area (Å²) in [5.41, 5.74) is 1.79. The van der Waals surface area contributed by atoms with Crippen LogP contribution in [0.25, 0.3) is 0 Å². The largest absolute Gasteiger partial charge is 0.493 e. The Bertz CT molecular complexity index is 517. The van der Waals surface area contributed by atoms with Crippen molar-refractivity contribution in [1.29, 1.82) is 0 Å². The first-order valence-corrected chi connectivity index (χ1v) is 5.95. The molecule has 3 heteroatoms.